The van der Waals surface area contributed by atoms with E-state index in [1.165, 1.54) is 5.39 Å². The third kappa shape index (κ3) is 3.57. The second-order valence-corrected chi connectivity index (χ2v) is 5.10. The number of fused-ring (bicyclic) bond motifs is 1. The number of aryl methyl sites for hydroxylation is 1. The Morgan fingerprint density at radius 1 is 1.40 bits per heavy atom. The first-order valence-electron chi connectivity index (χ1n) is 6.86. The average molecular weight is 288 g/mol. The van der Waals surface area contributed by atoms with Gasteiger partial charge in [0.2, 0.25) is 0 Å². The fourth-order valence-corrected chi connectivity index (χ4v) is 2.19. The number of hydrazone groups is 1. The third-order valence-electron chi connectivity index (χ3n) is 3.12. The smallest absolute Gasteiger partial charge is 0.186 e. The van der Waals surface area contributed by atoms with E-state index in [2.05, 4.69) is 39.9 Å². The summed E-state index contributed by atoms with van der Waals surface area (Å²) in [7, 11) is 0. The van der Waals surface area contributed by atoms with E-state index in [4.69, 9.17) is 12.2 Å². The van der Waals surface area contributed by atoms with Crippen molar-refractivity contribution < 1.29 is 0 Å². The normalized spacial score (nSPS) is 11.1. The lowest BCUT2D eigenvalue weighted by Gasteiger charge is -2.05. The van der Waals surface area contributed by atoms with Crippen LogP contribution in [-0.4, -0.2) is 22.9 Å². The molecule has 106 valence electrons. The first-order chi connectivity index (χ1) is 9.72. The van der Waals surface area contributed by atoms with Gasteiger partial charge in [0, 0.05) is 28.7 Å². The predicted octanol–water partition coefficient (Wildman–Crippen LogP) is 3.07. The van der Waals surface area contributed by atoms with Crippen molar-refractivity contribution >= 4 is 34.4 Å². The standard InChI is InChI=1S/C15H20N4S/c1-3-4-9-16-15(20)19-17-10-13-11(2)18-14-8-6-5-7-12(13)14/h5-8,10,18H,3-4,9H2,1-2H3,(H2,16,19,20)/b17-10+. The summed E-state index contributed by atoms with van der Waals surface area (Å²) in [6.07, 6.45) is 4.06. The van der Waals surface area contributed by atoms with Crippen LogP contribution in [0.2, 0.25) is 0 Å². The number of hydrogen-bond donors (Lipinski definition) is 3. The van der Waals surface area contributed by atoms with Gasteiger partial charge in [-0.2, -0.15) is 5.10 Å². The molecule has 20 heavy (non-hydrogen) atoms. The number of aromatic amines is 1. The number of thiocarbonyl (C=S) groups is 1. The van der Waals surface area contributed by atoms with Gasteiger partial charge in [0.15, 0.2) is 5.11 Å². The van der Waals surface area contributed by atoms with Crippen LogP contribution in [0.15, 0.2) is 29.4 Å². The Morgan fingerprint density at radius 2 is 2.20 bits per heavy atom. The van der Waals surface area contributed by atoms with Crippen LogP contribution in [0.4, 0.5) is 0 Å². The average Bonchev–Trinajstić information content (AvgIpc) is 2.75. The molecule has 0 aliphatic heterocycles. The highest BCUT2D eigenvalue weighted by atomic mass is 32.1. The van der Waals surface area contributed by atoms with Gasteiger partial charge in [0.1, 0.15) is 0 Å². The molecule has 0 unspecified atom stereocenters. The zero-order valence-electron chi connectivity index (χ0n) is 11.9. The van der Waals surface area contributed by atoms with Crippen LogP contribution in [0.3, 0.4) is 0 Å². The number of hydrogen-bond acceptors (Lipinski definition) is 2. The number of rotatable bonds is 5. The maximum Gasteiger partial charge on any atom is 0.186 e. The topological polar surface area (TPSA) is 52.2 Å². The molecule has 4 nitrogen and oxygen atoms in total. The van der Waals surface area contributed by atoms with Crippen LogP contribution in [0.5, 0.6) is 0 Å². The summed E-state index contributed by atoms with van der Waals surface area (Å²) in [4.78, 5) is 3.34. The molecule has 1 aromatic carbocycles. The van der Waals surface area contributed by atoms with E-state index < -0.39 is 0 Å². The molecule has 2 aromatic rings. The zero-order chi connectivity index (χ0) is 14.4. The number of nitrogens with zero attached hydrogens (tertiary/aromatic N) is 1. The second kappa shape index (κ2) is 7.05. The Balaban J connectivity index is 1.99. The Bertz CT molecular complexity index is 615. The van der Waals surface area contributed by atoms with E-state index in [1.54, 1.807) is 0 Å². The summed E-state index contributed by atoms with van der Waals surface area (Å²) in [5.41, 5.74) is 6.15. The maximum atomic E-state index is 5.15. The van der Waals surface area contributed by atoms with Crippen LogP contribution >= 0.6 is 12.2 Å². The van der Waals surface area contributed by atoms with Gasteiger partial charge in [-0.25, -0.2) is 0 Å². The van der Waals surface area contributed by atoms with Crippen molar-refractivity contribution in [3.8, 4) is 0 Å². The van der Waals surface area contributed by atoms with Gasteiger partial charge in [-0.15, -0.1) is 0 Å². The van der Waals surface area contributed by atoms with E-state index in [0.29, 0.717) is 5.11 Å². The van der Waals surface area contributed by atoms with Crippen LogP contribution in [0, 0.1) is 6.92 Å². The highest BCUT2D eigenvalue weighted by molar-refractivity contribution is 7.80. The first-order valence-corrected chi connectivity index (χ1v) is 7.27. The second-order valence-electron chi connectivity index (χ2n) is 4.69. The number of para-hydroxylation sites is 1. The minimum atomic E-state index is 0.562. The SMILES string of the molecule is CCCCNC(=S)N/N=C/c1c(C)[nH]c2ccccc12. The summed E-state index contributed by atoms with van der Waals surface area (Å²) in [6.45, 7) is 5.07. The van der Waals surface area contributed by atoms with Crippen LogP contribution < -0.4 is 10.7 Å². The number of unbranched alkanes of at least 4 members (excludes halogenated alkanes) is 1. The number of H-pyrrole nitrogens is 1. The van der Waals surface area contributed by atoms with Crippen molar-refractivity contribution in [3.63, 3.8) is 0 Å². The largest absolute Gasteiger partial charge is 0.361 e. The van der Waals surface area contributed by atoms with Crippen molar-refractivity contribution in [3.05, 3.63) is 35.5 Å². The molecule has 0 aliphatic rings. The zero-order valence-corrected chi connectivity index (χ0v) is 12.7. The van der Waals surface area contributed by atoms with Gasteiger partial charge in [0.25, 0.3) is 0 Å². The molecule has 2 rings (SSSR count). The summed E-state index contributed by atoms with van der Waals surface area (Å²) in [5, 5.41) is 9.05. The lowest BCUT2D eigenvalue weighted by molar-refractivity contribution is 0.745. The Labute approximate surface area is 124 Å². The van der Waals surface area contributed by atoms with Crippen molar-refractivity contribution in [2.45, 2.75) is 26.7 Å². The molecule has 0 atom stereocenters. The predicted molar refractivity (Wildman–Crippen MR) is 89.3 cm³/mol. The molecule has 5 heteroatoms. The molecule has 0 radical (unpaired) electrons. The van der Waals surface area contributed by atoms with Gasteiger partial charge < -0.3 is 10.3 Å². The molecule has 0 saturated carbocycles. The summed E-state index contributed by atoms with van der Waals surface area (Å²) >= 11 is 5.15. The van der Waals surface area contributed by atoms with E-state index in [9.17, 15) is 0 Å². The molecule has 0 aliphatic carbocycles. The number of nitrogens with one attached hydrogen (secondary N) is 3. The molecule has 1 heterocycles. The molecular weight excluding hydrogens is 268 g/mol. The lowest BCUT2D eigenvalue weighted by atomic mass is 10.1. The molecule has 0 amide bonds. The van der Waals surface area contributed by atoms with Gasteiger partial charge in [0.05, 0.1) is 6.21 Å². The van der Waals surface area contributed by atoms with Crippen molar-refractivity contribution in [2.24, 2.45) is 5.10 Å². The molecule has 3 N–H and O–H groups in total. The van der Waals surface area contributed by atoms with E-state index in [0.717, 1.165) is 36.2 Å². The summed E-state index contributed by atoms with van der Waals surface area (Å²) in [5.74, 6) is 0. The lowest BCUT2D eigenvalue weighted by Crippen LogP contribution is -2.32. The minimum Gasteiger partial charge on any atom is -0.361 e. The molecule has 1 aromatic heterocycles. The Morgan fingerprint density at radius 3 is 3.00 bits per heavy atom. The van der Waals surface area contributed by atoms with Gasteiger partial charge in [-0.3, -0.25) is 5.43 Å². The summed E-state index contributed by atoms with van der Waals surface area (Å²) in [6, 6.07) is 8.18. The first kappa shape index (κ1) is 14.5. The van der Waals surface area contributed by atoms with E-state index in [-0.39, 0.29) is 0 Å². The third-order valence-corrected chi connectivity index (χ3v) is 3.35. The Hall–Kier alpha value is -1.88. The van der Waals surface area contributed by atoms with Crippen LogP contribution in [-0.2, 0) is 0 Å². The maximum absolute atomic E-state index is 5.15. The molecule has 0 spiro atoms. The molecule has 0 bridgehead atoms. The van der Waals surface area contributed by atoms with E-state index >= 15 is 0 Å². The van der Waals surface area contributed by atoms with Crippen LogP contribution in [0.25, 0.3) is 10.9 Å². The quantitative estimate of drug-likeness (QED) is 0.343. The van der Waals surface area contributed by atoms with Gasteiger partial charge in [-0.05, 0) is 31.6 Å². The van der Waals surface area contributed by atoms with Crippen LogP contribution in [0.1, 0.15) is 31.0 Å². The molecule has 0 fully saturated rings. The summed E-state index contributed by atoms with van der Waals surface area (Å²) < 4.78 is 0. The van der Waals surface area contributed by atoms with Crippen molar-refractivity contribution in [1.82, 2.24) is 15.7 Å². The molecule has 0 saturated heterocycles. The fourth-order valence-electron chi connectivity index (χ4n) is 2.04. The monoisotopic (exact) mass is 288 g/mol. The van der Waals surface area contributed by atoms with E-state index in [1.807, 2.05) is 25.3 Å². The Kier molecular flexibility index (Phi) is 5.12. The van der Waals surface area contributed by atoms with Crippen molar-refractivity contribution in [2.75, 3.05) is 6.54 Å². The van der Waals surface area contributed by atoms with Gasteiger partial charge >= 0.3 is 0 Å². The fraction of sp³-hybridized carbons (Fsp3) is 0.333. The van der Waals surface area contributed by atoms with Gasteiger partial charge in [-0.1, -0.05) is 31.5 Å². The number of aromatic nitrogens is 1. The highest BCUT2D eigenvalue weighted by Crippen LogP contribution is 2.19. The van der Waals surface area contributed by atoms with Crippen molar-refractivity contribution in [1.29, 1.82) is 0 Å². The molecular formula is C15H20N4S. The highest BCUT2D eigenvalue weighted by Gasteiger charge is 2.04. The number of benzene rings is 1. The minimum absolute atomic E-state index is 0.562.